The van der Waals surface area contributed by atoms with Gasteiger partial charge < -0.3 is 9.64 Å². The molecule has 1 aliphatic rings. The van der Waals surface area contributed by atoms with Gasteiger partial charge in [-0.25, -0.2) is 4.98 Å². The summed E-state index contributed by atoms with van der Waals surface area (Å²) in [5.74, 6) is 0.259. The van der Waals surface area contributed by atoms with Crippen molar-refractivity contribution in [2.75, 3.05) is 30.4 Å². The fraction of sp³-hybridized carbons (Fsp3) is 0.400. The molecule has 174 valence electrons. The van der Waals surface area contributed by atoms with E-state index in [0.29, 0.717) is 54.0 Å². The number of benzene rings is 2. The first-order valence-electron chi connectivity index (χ1n) is 11.3. The normalized spacial score (nSPS) is 15.9. The van der Waals surface area contributed by atoms with Crippen LogP contribution >= 0.6 is 23.5 Å². The zero-order valence-electron chi connectivity index (χ0n) is 19.0. The molecule has 0 saturated carbocycles. The van der Waals surface area contributed by atoms with Crippen LogP contribution in [0.15, 0.2) is 63.4 Å². The molecular formula is C25H29N3O3S2. The largest absolute Gasteiger partial charge is 0.382 e. The Morgan fingerprint density at radius 1 is 1.21 bits per heavy atom. The first-order chi connectivity index (χ1) is 16.1. The van der Waals surface area contributed by atoms with Crippen molar-refractivity contribution in [1.82, 2.24) is 9.55 Å². The first kappa shape index (κ1) is 23.9. The summed E-state index contributed by atoms with van der Waals surface area (Å²) in [7, 11) is 0. The Balaban J connectivity index is 1.57. The molecular weight excluding hydrogens is 454 g/mol. The molecule has 0 radical (unpaired) electrons. The monoisotopic (exact) mass is 483 g/mol. The number of rotatable bonds is 8. The van der Waals surface area contributed by atoms with Crippen LogP contribution in [-0.2, 0) is 16.1 Å². The number of ether oxygens (including phenoxy) is 1. The summed E-state index contributed by atoms with van der Waals surface area (Å²) in [5.41, 5.74) is 1.55. The number of para-hydroxylation sites is 2. The lowest BCUT2D eigenvalue weighted by molar-refractivity contribution is -0.116. The van der Waals surface area contributed by atoms with Crippen molar-refractivity contribution in [3.63, 3.8) is 0 Å². The molecule has 2 aromatic carbocycles. The van der Waals surface area contributed by atoms with Crippen molar-refractivity contribution in [3.8, 4) is 0 Å². The SMILES string of the molecule is CCOCCCn1c(SCC(=O)N2CCC(C)Sc3ccccc32)nc2ccccc2c1=O. The average molecular weight is 484 g/mol. The fourth-order valence-electron chi connectivity index (χ4n) is 3.87. The lowest BCUT2D eigenvalue weighted by Gasteiger charge is -2.22. The third-order valence-electron chi connectivity index (χ3n) is 5.57. The predicted octanol–water partition coefficient (Wildman–Crippen LogP) is 4.83. The molecule has 8 heteroatoms. The van der Waals surface area contributed by atoms with E-state index in [1.54, 1.807) is 10.6 Å². The van der Waals surface area contributed by atoms with Crippen LogP contribution in [0.5, 0.6) is 0 Å². The Morgan fingerprint density at radius 2 is 2.00 bits per heavy atom. The van der Waals surface area contributed by atoms with Crippen molar-refractivity contribution < 1.29 is 9.53 Å². The summed E-state index contributed by atoms with van der Waals surface area (Å²) in [6.07, 6.45) is 1.65. The van der Waals surface area contributed by atoms with E-state index in [1.807, 2.05) is 60.0 Å². The molecule has 0 N–H and O–H groups in total. The zero-order chi connectivity index (χ0) is 23.2. The second kappa shape index (κ2) is 11.2. The number of nitrogens with zero attached hydrogens (tertiary/aromatic N) is 3. The van der Waals surface area contributed by atoms with Gasteiger partial charge in [-0.05, 0) is 44.0 Å². The Hall–Kier alpha value is -2.29. The van der Waals surface area contributed by atoms with Crippen molar-refractivity contribution in [2.24, 2.45) is 0 Å². The van der Waals surface area contributed by atoms with E-state index in [4.69, 9.17) is 9.72 Å². The molecule has 0 spiro atoms. The van der Waals surface area contributed by atoms with Gasteiger partial charge in [0.25, 0.3) is 5.56 Å². The highest BCUT2D eigenvalue weighted by Gasteiger charge is 2.24. The highest BCUT2D eigenvalue weighted by atomic mass is 32.2. The minimum absolute atomic E-state index is 0.0328. The highest BCUT2D eigenvalue weighted by molar-refractivity contribution is 8.00. The van der Waals surface area contributed by atoms with Gasteiger partial charge in [0.2, 0.25) is 5.91 Å². The van der Waals surface area contributed by atoms with Gasteiger partial charge in [-0.3, -0.25) is 14.2 Å². The molecule has 4 rings (SSSR count). The molecule has 1 unspecified atom stereocenters. The van der Waals surface area contributed by atoms with Crippen LogP contribution in [-0.4, -0.2) is 46.2 Å². The molecule has 1 aliphatic heterocycles. The Morgan fingerprint density at radius 3 is 2.85 bits per heavy atom. The molecule has 6 nitrogen and oxygen atoms in total. The Labute approximate surface area is 202 Å². The number of hydrogen-bond donors (Lipinski definition) is 0. The maximum Gasteiger partial charge on any atom is 0.262 e. The van der Waals surface area contributed by atoms with Gasteiger partial charge in [-0.1, -0.05) is 43.0 Å². The number of hydrogen-bond acceptors (Lipinski definition) is 6. The van der Waals surface area contributed by atoms with E-state index in [0.717, 1.165) is 17.0 Å². The summed E-state index contributed by atoms with van der Waals surface area (Å²) in [5, 5.41) is 1.63. The van der Waals surface area contributed by atoms with Crippen LogP contribution in [0.2, 0.25) is 0 Å². The molecule has 0 fully saturated rings. The number of anilines is 1. The number of carbonyl (C=O) groups excluding carboxylic acids is 1. The van der Waals surface area contributed by atoms with Gasteiger partial charge in [-0.15, -0.1) is 11.8 Å². The molecule has 3 aromatic rings. The third-order valence-corrected chi connectivity index (χ3v) is 7.77. The molecule has 1 amide bonds. The minimum atomic E-state index is -0.0719. The maximum atomic E-state index is 13.3. The maximum absolute atomic E-state index is 13.3. The smallest absolute Gasteiger partial charge is 0.262 e. The van der Waals surface area contributed by atoms with Crippen LogP contribution < -0.4 is 10.5 Å². The van der Waals surface area contributed by atoms with Gasteiger partial charge in [-0.2, -0.15) is 0 Å². The fourth-order valence-corrected chi connectivity index (χ4v) is 5.89. The topological polar surface area (TPSA) is 64.4 Å². The van der Waals surface area contributed by atoms with Crippen LogP contribution in [0.25, 0.3) is 10.9 Å². The Kier molecular flexibility index (Phi) is 8.11. The summed E-state index contributed by atoms with van der Waals surface area (Å²) >= 11 is 3.15. The standard InChI is InChI=1S/C25H29N3O3S2/c1-3-31-16-8-14-28-24(30)19-9-4-5-10-20(19)26-25(28)32-17-23(29)27-15-13-18(2)33-22-12-7-6-11-21(22)27/h4-7,9-12,18H,3,8,13-17H2,1-2H3. The lowest BCUT2D eigenvalue weighted by atomic mass is 10.2. The number of amides is 1. The van der Waals surface area contributed by atoms with Gasteiger partial charge in [0.1, 0.15) is 0 Å². The van der Waals surface area contributed by atoms with E-state index in [9.17, 15) is 9.59 Å². The quantitative estimate of drug-likeness (QED) is 0.260. The van der Waals surface area contributed by atoms with Crippen LogP contribution in [0.3, 0.4) is 0 Å². The van der Waals surface area contributed by atoms with E-state index in [-0.39, 0.29) is 17.2 Å². The molecule has 2 heterocycles. The van der Waals surface area contributed by atoms with E-state index in [2.05, 4.69) is 13.0 Å². The van der Waals surface area contributed by atoms with Gasteiger partial charge in [0.15, 0.2) is 5.16 Å². The second-order valence-electron chi connectivity index (χ2n) is 7.94. The lowest BCUT2D eigenvalue weighted by Crippen LogP contribution is -2.34. The van der Waals surface area contributed by atoms with Crippen molar-refractivity contribution >= 4 is 46.0 Å². The zero-order valence-corrected chi connectivity index (χ0v) is 20.7. The molecule has 0 aliphatic carbocycles. The third kappa shape index (κ3) is 5.62. The summed E-state index contributed by atoms with van der Waals surface area (Å²) < 4.78 is 7.14. The number of carbonyl (C=O) groups is 1. The summed E-state index contributed by atoms with van der Waals surface area (Å²) in [6, 6.07) is 15.5. The van der Waals surface area contributed by atoms with E-state index >= 15 is 0 Å². The first-order valence-corrected chi connectivity index (χ1v) is 13.2. The average Bonchev–Trinajstić information content (AvgIpc) is 2.99. The molecule has 0 saturated heterocycles. The van der Waals surface area contributed by atoms with E-state index < -0.39 is 0 Å². The number of thioether (sulfide) groups is 2. The molecule has 33 heavy (non-hydrogen) atoms. The highest BCUT2D eigenvalue weighted by Crippen LogP contribution is 2.37. The second-order valence-corrected chi connectivity index (χ2v) is 10.4. The predicted molar refractivity (Wildman–Crippen MR) is 137 cm³/mol. The van der Waals surface area contributed by atoms with Crippen molar-refractivity contribution in [1.29, 1.82) is 0 Å². The van der Waals surface area contributed by atoms with Gasteiger partial charge in [0, 0.05) is 36.4 Å². The minimum Gasteiger partial charge on any atom is -0.382 e. The Bertz CT molecular complexity index is 1180. The van der Waals surface area contributed by atoms with E-state index in [1.165, 1.54) is 11.8 Å². The summed E-state index contributed by atoms with van der Waals surface area (Å²) in [6.45, 7) is 6.58. The molecule has 1 atom stereocenters. The van der Waals surface area contributed by atoms with Crippen molar-refractivity contribution in [3.05, 3.63) is 58.9 Å². The van der Waals surface area contributed by atoms with Gasteiger partial charge in [0.05, 0.1) is 22.3 Å². The number of fused-ring (bicyclic) bond motifs is 2. The van der Waals surface area contributed by atoms with Crippen molar-refractivity contribution in [2.45, 2.75) is 48.5 Å². The van der Waals surface area contributed by atoms with Crippen LogP contribution in [0.1, 0.15) is 26.7 Å². The molecule has 1 aromatic heterocycles. The summed E-state index contributed by atoms with van der Waals surface area (Å²) in [4.78, 5) is 34.2. The number of aromatic nitrogens is 2. The van der Waals surface area contributed by atoms with Crippen LogP contribution in [0, 0.1) is 0 Å². The van der Waals surface area contributed by atoms with Crippen LogP contribution in [0.4, 0.5) is 5.69 Å². The van der Waals surface area contributed by atoms with Gasteiger partial charge >= 0.3 is 0 Å². The molecule has 0 bridgehead atoms.